The molecule has 1 aromatic heterocycles. The van der Waals surface area contributed by atoms with Crippen molar-refractivity contribution < 1.29 is 10.0 Å². The topological polar surface area (TPSA) is 91.8 Å². The summed E-state index contributed by atoms with van der Waals surface area (Å²) in [6, 6.07) is 3.60. The minimum Gasteiger partial charge on any atom is -0.409 e. The highest BCUT2D eigenvalue weighted by molar-refractivity contribution is 5.95. The molecule has 3 N–H and O–H groups in total. The summed E-state index contributed by atoms with van der Waals surface area (Å²) in [4.78, 5) is 18.3. The van der Waals surface area contributed by atoms with Crippen LogP contribution in [0.15, 0.2) is 17.3 Å². The minimum atomic E-state index is -0.0850. The number of amides is 1. The van der Waals surface area contributed by atoms with Crippen LogP contribution in [0.5, 0.6) is 0 Å². The van der Waals surface area contributed by atoms with E-state index in [0.29, 0.717) is 30.8 Å². The number of aromatic nitrogens is 1. The Hall–Kier alpha value is -2.11. The van der Waals surface area contributed by atoms with Gasteiger partial charge < -0.3 is 15.8 Å². The lowest BCUT2D eigenvalue weighted by Crippen LogP contribution is -2.34. The average molecular weight is 264 g/mol. The molecule has 0 aliphatic carbocycles. The molecular formula is C13H20N4O2. The van der Waals surface area contributed by atoms with Crippen LogP contribution in [-0.2, 0) is 0 Å². The highest BCUT2D eigenvalue weighted by Crippen LogP contribution is 2.10. The first-order valence-electron chi connectivity index (χ1n) is 6.19. The van der Waals surface area contributed by atoms with E-state index in [9.17, 15) is 4.79 Å². The molecule has 0 fully saturated rings. The van der Waals surface area contributed by atoms with Crippen molar-refractivity contribution in [2.45, 2.75) is 27.2 Å². The molecule has 6 nitrogen and oxygen atoms in total. The van der Waals surface area contributed by atoms with Crippen molar-refractivity contribution >= 4 is 11.7 Å². The molecule has 104 valence electrons. The van der Waals surface area contributed by atoms with Crippen LogP contribution >= 0.6 is 0 Å². The average Bonchev–Trinajstić information content (AvgIpc) is 2.38. The fourth-order valence-corrected chi connectivity index (χ4v) is 1.79. The Morgan fingerprint density at radius 3 is 2.68 bits per heavy atom. The first-order chi connectivity index (χ1) is 8.99. The highest BCUT2D eigenvalue weighted by atomic mass is 16.4. The van der Waals surface area contributed by atoms with Crippen LogP contribution in [0.25, 0.3) is 0 Å². The lowest BCUT2D eigenvalue weighted by molar-refractivity contribution is 0.0767. The SMILES string of the molecule is CCN(CC/C(N)=N/O)C(=O)c1ccc(C)nc1C. The molecule has 0 aliphatic heterocycles. The molecule has 6 heteroatoms. The molecule has 0 atom stereocenters. The summed E-state index contributed by atoms with van der Waals surface area (Å²) in [6.45, 7) is 6.57. The molecule has 0 saturated heterocycles. The van der Waals surface area contributed by atoms with E-state index in [1.54, 1.807) is 11.0 Å². The van der Waals surface area contributed by atoms with Crippen LogP contribution in [0.3, 0.4) is 0 Å². The van der Waals surface area contributed by atoms with Gasteiger partial charge in [-0.1, -0.05) is 5.16 Å². The second-order valence-electron chi connectivity index (χ2n) is 4.31. The quantitative estimate of drug-likeness (QED) is 0.363. The summed E-state index contributed by atoms with van der Waals surface area (Å²) >= 11 is 0. The summed E-state index contributed by atoms with van der Waals surface area (Å²) in [6.07, 6.45) is 0.342. The van der Waals surface area contributed by atoms with Gasteiger partial charge in [0.1, 0.15) is 5.84 Å². The summed E-state index contributed by atoms with van der Waals surface area (Å²) < 4.78 is 0. The third-order valence-electron chi connectivity index (χ3n) is 2.89. The molecule has 19 heavy (non-hydrogen) atoms. The number of nitrogens with two attached hydrogens (primary N) is 1. The van der Waals surface area contributed by atoms with Crippen molar-refractivity contribution in [3.63, 3.8) is 0 Å². The molecular weight excluding hydrogens is 244 g/mol. The molecule has 0 aliphatic rings. The maximum atomic E-state index is 12.4. The van der Waals surface area contributed by atoms with E-state index in [1.165, 1.54) is 0 Å². The molecule has 0 saturated carbocycles. The smallest absolute Gasteiger partial charge is 0.255 e. The number of carbonyl (C=O) groups is 1. The Morgan fingerprint density at radius 1 is 1.47 bits per heavy atom. The van der Waals surface area contributed by atoms with Gasteiger partial charge >= 0.3 is 0 Å². The number of aryl methyl sites for hydroxylation is 2. The third kappa shape index (κ3) is 3.94. The zero-order chi connectivity index (χ0) is 14.4. The van der Waals surface area contributed by atoms with Crippen LogP contribution in [0.2, 0.25) is 0 Å². The van der Waals surface area contributed by atoms with Crippen molar-refractivity contribution in [3.05, 3.63) is 29.1 Å². The van der Waals surface area contributed by atoms with E-state index < -0.39 is 0 Å². The molecule has 1 rings (SSSR count). The van der Waals surface area contributed by atoms with Gasteiger partial charge in [0.2, 0.25) is 0 Å². The first kappa shape index (κ1) is 14.9. The van der Waals surface area contributed by atoms with Gasteiger partial charge in [0.25, 0.3) is 5.91 Å². The summed E-state index contributed by atoms with van der Waals surface area (Å²) in [5.41, 5.74) is 7.60. The second-order valence-corrected chi connectivity index (χ2v) is 4.31. The molecule has 0 radical (unpaired) electrons. The van der Waals surface area contributed by atoms with Crippen LogP contribution in [-0.4, -0.2) is 39.9 Å². The molecule has 0 unspecified atom stereocenters. The number of pyridine rings is 1. The fourth-order valence-electron chi connectivity index (χ4n) is 1.79. The predicted octanol–water partition coefficient (Wildman–Crippen LogP) is 1.30. The van der Waals surface area contributed by atoms with Gasteiger partial charge in [0.15, 0.2) is 0 Å². The maximum absolute atomic E-state index is 12.4. The number of rotatable bonds is 5. The molecule has 0 aromatic carbocycles. The third-order valence-corrected chi connectivity index (χ3v) is 2.89. The molecule has 1 amide bonds. The van der Waals surface area contributed by atoms with Gasteiger partial charge in [0.05, 0.1) is 11.3 Å². The fraction of sp³-hybridized carbons (Fsp3) is 0.462. The van der Waals surface area contributed by atoms with Gasteiger partial charge in [0, 0.05) is 25.2 Å². The van der Waals surface area contributed by atoms with Gasteiger partial charge in [-0.15, -0.1) is 0 Å². The zero-order valence-corrected chi connectivity index (χ0v) is 11.6. The van der Waals surface area contributed by atoms with E-state index in [1.807, 2.05) is 26.8 Å². The van der Waals surface area contributed by atoms with Crippen molar-refractivity contribution in [3.8, 4) is 0 Å². The number of carbonyl (C=O) groups excluding carboxylic acids is 1. The van der Waals surface area contributed by atoms with Gasteiger partial charge in [-0.3, -0.25) is 9.78 Å². The maximum Gasteiger partial charge on any atom is 0.255 e. The van der Waals surface area contributed by atoms with E-state index in [4.69, 9.17) is 10.9 Å². The summed E-state index contributed by atoms with van der Waals surface area (Å²) in [5.74, 6) is 0.0308. The lowest BCUT2D eigenvalue weighted by Gasteiger charge is -2.21. The monoisotopic (exact) mass is 264 g/mol. The van der Waals surface area contributed by atoms with E-state index in [2.05, 4.69) is 10.1 Å². The van der Waals surface area contributed by atoms with Crippen molar-refractivity contribution in [2.24, 2.45) is 10.9 Å². The Bertz CT molecular complexity index is 486. The highest BCUT2D eigenvalue weighted by Gasteiger charge is 2.17. The number of hydrogen-bond donors (Lipinski definition) is 2. The van der Waals surface area contributed by atoms with Gasteiger partial charge in [-0.25, -0.2) is 0 Å². The van der Waals surface area contributed by atoms with E-state index in [0.717, 1.165) is 5.69 Å². The Balaban J connectivity index is 2.83. The first-order valence-corrected chi connectivity index (χ1v) is 6.19. The van der Waals surface area contributed by atoms with E-state index in [-0.39, 0.29) is 11.7 Å². The van der Waals surface area contributed by atoms with Gasteiger partial charge in [-0.05, 0) is 32.9 Å². The normalized spacial score (nSPS) is 11.4. The Morgan fingerprint density at radius 2 is 2.16 bits per heavy atom. The largest absolute Gasteiger partial charge is 0.409 e. The number of hydrogen-bond acceptors (Lipinski definition) is 4. The van der Waals surface area contributed by atoms with Crippen LogP contribution in [0, 0.1) is 13.8 Å². The number of nitrogens with zero attached hydrogens (tertiary/aromatic N) is 3. The van der Waals surface area contributed by atoms with Crippen LogP contribution in [0.1, 0.15) is 35.1 Å². The number of oxime groups is 1. The molecule has 0 spiro atoms. The summed E-state index contributed by atoms with van der Waals surface area (Å²) in [7, 11) is 0. The zero-order valence-electron chi connectivity index (χ0n) is 11.6. The minimum absolute atomic E-state index is 0.0850. The molecule has 1 aromatic rings. The van der Waals surface area contributed by atoms with E-state index >= 15 is 0 Å². The van der Waals surface area contributed by atoms with Crippen molar-refractivity contribution in [2.75, 3.05) is 13.1 Å². The molecule has 0 bridgehead atoms. The van der Waals surface area contributed by atoms with Gasteiger partial charge in [-0.2, -0.15) is 0 Å². The van der Waals surface area contributed by atoms with Crippen LogP contribution in [0.4, 0.5) is 0 Å². The van der Waals surface area contributed by atoms with Crippen molar-refractivity contribution in [1.82, 2.24) is 9.88 Å². The Kier molecular flexibility index (Phi) is 5.29. The standard InChI is InChI=1S/C13H20N4O2/c1-4-17(8-7-12(14)16-19)13(18)11-6-5-9(2)15-10(11)3/h5-6,19H,4,7-8H2,1-3H3,(H2,14,16). The van der Waals surface area contributed by atoms with Crippen LogP contribution < -0.4 is 5.73 Å². The van der Waals surface area contributed by atoms with Crippen molar-refractivity contribution in [1.29, 1.82) is 0 Å². The predicted molar refractivity (Wildman–Crippen MR) is 73.3 cm³/mol. The summed E-state index contributed by atoms with van der Waals surface area (Å²) in [5, 5.41) is 11.4. The lowest BCUT2D eigenvalue weighted by atomic mass is 10.1. The number of amidine groups is 1. The Labute approximate surface area is 112 Å². The molecule has 1 heterocycles. The second kappa shape index (κ2) is 6.72.